The number of ether oxygens (including phenoxy) is 2. The Hall–Kier alpha value is -2.48. The zero-order valence-electron chi connectivity index (χ0n) is 23.3. The molecule has 1 saturated heterocycles. The Labute approximate surface area is 224 Å². The third kappa shape index (κ3) is 3.51. The SMILES string of the molecule is CC=C1C2C=C(C)CC1(NC1OC(=O)C3=C4CC(C)(C)CC4C(C)C(O)CC31OC)c1ccc(=O)[nH]c1C2. The summed E-state index contributed by atoms with van der Waals surface area (Å²) >= 11 is 0. The minimum atomic E-state index is -1.12. The maximum absolute atomic E-state index is 13.8. The molecule has 2 fully saturated rings. The fourth-order valence-corrected chi connectivity index (χ4v) is 8.54. The van der Waals surface area contributed by atoms with Crippen LogP contribution in [0, 0.1) is 23.2 Å². The lowest BCUT2D eigenvalue weighted by Crippen LogP contribution is -2.61. The molecule has 1 saturated carbocycles. The minimum Gasteiger partial charge on any atom is -0.440 e. The topological polar surface area (TPSA) is 101 Å². The lowest BCUT2D eigenvalue weighted by molar-refractivity contribution is -0.149. The molecule has 3 N–H and O–H groups in total. The Morgan fingerprint density at radius 3 is 2.68 bits per heavy atom. The third-order valence-corrected chi connectivity index (χ3v) is 10.1. The lowest BCUT2D eigenvalue weighted by Gasteiger charge is -2.50. The zero-order valence-corrected chi connectivity index (χ0v) is 23.3. The summed E-state index contributed by atoms with van der Waals surface area (Å²) in [6.45, 7) is 10.7. The quantitative estimate of drug-likeness (QED) is 0.411. The molecule has 0 amide bonds. The summed E-state index contributed by atoms with van der Waals surface area (Å²) in [5, 5.41) is 15.3. The molecule has 2 bridgehead atoms. The molecule has 7 atom stereocenters. The molecule has 1 aromatic rings. The normalized spacial score (nSPS) is 40.3. The number of carbonyl (C=O) groups excluding carboxylic acids is 1. The number of allylic oxidation sites excluding steroid dienone is 3. The van der Waals surface area contributed by atoms with Crippen molar-refractivity contribution in [1.82, 2.24) is 10.3 Å². The highest BCUT2D eigenvalue weighted by molar-refractivity contribution is 5.95. The van der Waals surface area contributed by atoms with Gasteiger partial charge < -0.3 is 19.6 Å². The van der Waals surface area contributed by atoms with Crippen LogP contribution in [-0.4, -0.2) is 41.1 Å². The molecule has 1 aliphatic heterocycles. The molecule has 7 unspecified atom stereocenters. The van der Waals surface area contributed by atoms with Crippen LogP contribution in [-0.2, 0) is 26.2 Å². The third-order valence-electron chi connectivity index (χ3n) is 10.1. The van der Waals surface area contributed by atoms with Gasteiger partial charge in [0.15, 0.2) is 11.8 Å². The average Bonchev–Trinajstić information content (AvgIpc) is 3.26. The highest BCUT2D eigenvalue weighted by Gasteiger charge is 2.63. The Kier molecular flexibility index (Phi) is 5.77. The van der Waals surface area contributed by atoms with Gasteiger partial charge in [-0.2, -0.15) is 0 Å². The van der Waals surface area contributed by atoms with Gasteiger partial charge in [-0.3, -0.25) is 10.1 Å². The minimum absolute atomic E-state index is 0.0133. The van der Waals surface area contributed by atoms with Crippen molar-refractivity contribution in [1.29, 1.82) is 0 Å². The Balaban J connectivity index is 1.53. The number of aromatic amines is 1. The zero-order chi connectivity index (χ0) is 27.2. The van der Waals surface area contributed by atoms with E-state index in [2.05, 4.69) is 50.1 Å². The van der Waals surface area contributed by atoms with Gasteiger partial charge in [-0.1, -0.05) is 44.1 Å². The van der Waals surface area contributed by atoms with Crippen LogP contribution in [0.15, 0.2) is 51.4 Å². The smallest absolute Gasteiger partial charge is 0.338 e. The molecule has 2 heterocycles. The summed E-state index contributed by atoms with van der Waals surface area (Å²) in [7, 11) is 1.63. The number of methoxy groups -OCH3 is 1. The molecular weight excluding hydrogens is 480 g/mol. The van der Waals surface area contributed by atoms with E-state index >= 15 is 0 Å². The largest absolute Gasteiger partial charge is 0.440 e. The molecule has 5 aliphatic rings. The van der Waals surface area contributed by atoms with Crippen molar-refractivity contribution in [3.8, 4) is 0 Å². The molecule has 7 nitrogen and oxygen atoms in total. The summed E-state index contributed by atoms with van der Waals surface area (Å²) in [6.07, 6.45) is 6.38. The van der Waals surface area contributed by atoms with Gasteiger partial charge in [0, 0.05) is 31.2 Å². The monoisotopic (exact) mass is 520 g/mol. The number of nitrogens with one attached hydrogen (secondary N) is 2. The van der Waals surface area contributed by atoms with E-state index in [1.54, 1.807) is 13.2 Å². The highest BCUT2D eigenvalue weighted by atomic mass is 16.6. The number of rotatable bonds is 3. The van der Waals surface area contributed by atoms with E-state index in [1.807, 2.05) is 13.0 Å². The second kappa shape index (κ2) is 8.51. The first-order chi connectivity index (χ1) is 17.9. The van der Waals surface area contributed by atoms with E-state index in [0.717, 1.165) is 29.7 Å². The maximum Gasteiger partial charge on any atom is 0.338 e. The van der Waals surface area contributed by atoms with E-state index in [9.17, 15) is 14.7 Å². The summed E-state index contributed by atoms with van der Waals surface area (Å²) in [5.74, 6) is -0.0921. The standard InChI is InChI=1S/C31H40N2O5/c1-7-21-18-10-16(2)12-30(21,22-8-9-25(35)32-23(22)11-18)33-28-31(37-6)15-24(34)17(3)19-13-29(4,5)14-20(19)26(31)27(36)38-28/h7-10,17-19,24,28,33-34H,11-15H2,1-6H3,(H,32,35). The summed E-state index contributed by atoms with van der Waals surface area (Å²) in [4.78, 5) is 29.1. The van der Waals surface area contributed by atoms with E-state index in [4.69, 9.17) is 9.47 Å². The van der Waals surface area contributed by atoms with E-state index in [0.29, 0.717) is 18.4 Å². The van der Waals surface area contributed by atoms with E-state index < -0.39 is 23.5 Å². The van der Waals surface area contributed by atoms with Crippen LogP contribution in [0.25, 0.3) is 0 Å². The van der Waals surface area contributed by atoms with Crippen molar-refractivity contribution in [2.45, 2.75) is 90.2 Å². The molecule has 4 aliphatic carbocycles. The summed E-state index contributed by atoms with van der Waals surface area (Å²) in [5.41, 5.74) is 4.16. The Morgan fingerprint density at radius 1 is 1.21 bits per heavy atom. The van der Waals surface area contributed by atoms with Crippen molar-refractivity contribution >= 4 is 5.97 Å². The lowest BCUT2D eigenvalue weighted by atomic mass is 9.62. The Bertz CT molecular complexity index is 1350. The number of fused-ring (bicyclic) bond motifs is 6. The molecule has 1 aromatic heterocycles. The average molecular weight is 521 g/mol. The van der Waals surface area contributed by atoms with Crippen LogP contribution in [0.4, 0.5) is 0 Å². The summed E-state index contributed by atoms with van der Waals surface area (Å²) < 4.78 is 12.5. The molecule has 0 spiro atoms. The van der Waals surface area contributed by atoms with Crippen molar-refractivity contribution in [2.24, 2.45) is 23.2 Å². The molecule has 0 radical (unpaired) electrons. The number of aliphatic hydroxyl groups excluding tert-OH is 1. The maximum atomic E-state index is 13.8. The fourth-order valence-electron chi connectivity index (χ4n) is 8.54. The van der Waals surface area contributed by atoms with Crippen molar-refractivity contribution in [3.63, 3.8) is 0 Å². The number of carbonyl (C=O) groups is 1. The second-order valence-electron chi connectivity index (χ2n) is 13.1. The molecule has 7 heteroatoms. The molecule has 6 rings (SSSR count). The van der Waals surface area contributed by atoms with Gasteiger partial charge in [-0.05, 0) is 74.0 Å². The number of pyridine rings is 1. The van der Waals surface area contributed by atoms with Gasteiger partial charge in [-0.25, -0.2) is 4.79 Å². The van der Waals surface area contributed by atoms with Gasteiger partial charge in [0.1, 0.15) is 0 Å². The number of hydrogen-bond donors (Lipinski definition) is 3. The number of hydrogen-bond acceptors (Lipinski definition) is 6. The highest BCUT2D eigenvalue weighted by Crippen LogP contribution is 2.57. The molecule has 0 aromatic carbocycles. The van der Waals surface area contributed by atoms with Crippen LogP contribution >= 0.6 is 0 Å². The first-order valence-electron chi connectivity index (χ1n) is 14.0. The van der Waals surface area contributed by atoms with Crippen molar-refractivity contribution < 1.29 is 19.4 Å². The number of H-pyrrole nitrogens is 1. The van der Waals surface area contributed by atoms with Crippen LogP contribution in [0.3, 0.4) is 0 Å². The Morgan fingerprint density at radius 2 is 1.97 bits per heavy atom. The van der Waals surface area contributed by atoms with Crippen LogP contribution in [0.5, 0.6) is 0 Å². The molecule has 38 heavy (non-hydrogen) atoms. The van der Waals surface area contributed by atoms with Crippen LogP contribution in [0.1, 0.15) is 71.6 Å². The number of esters is 1. The predicted molar refractivity (Wildman–Crippen MR) is 144 cm³/mol. The number of cyclic esters (lactones) is 1. The van der Waals surface area contributed by atoms with Crippen LogP contribution < -0.4 is 10.9 Å². The first kappa shape index (κ1) is 25.8. The summed E-state index contributed by atoms with van der Waals surface area (Å²) in [6, 6.07) is 3.49. The van der Waals surface area contributed by atoms with E-state index in [-0.39, 0.29) is 41.1 Å². The first-order valence-corrected chi connectivity index (χ1v) is 14.0. The van der Waals surface area contributed by atoms with Gasteiger partial charge in [0.05, 0.1) is 17.2 Å². The van der Waals surface area contributed by atoms with Gasteiger partial charge in [0.2, 0.25) is 5.56 Å². The molecular formula is C31H40N2O5. The number of aliphatic hydroxyl groups is 1. The number of aromatic nitrogens is 1. The second-order valence-corrected chi connectivity index (χ2v) is 13.1. The van der Waals surface area contributed by atoms with Gasteiger partial charge in [0.25, 0.3) is 0 Å². The fraction of sp³-hybridized carbons (Fsp3) is 0.613. The van der Waals surface area contributed by atoms with Gasteiger partial charge in [-0.15, -0.1) is 0 Å². The predicted octanol–water partition coefficient (Wildman–Crippen LogP) is 4.03. The van der Waals surface area contributed by atoms with E-state index in [1.165, 1.54) is 11.1 Å². The van der Waals surface area contributed by atoms with Crippen molar-refractivity contribution in [2.75, 3.05) is 7.11 Å². The van der Waals surface area contributed by atoms with Crippen LogP contribution in [0.2, 0.25) is 0 Å². The van der Waals surface area contributed by atoms with Gasteiger partial charge >= 0.3 is 5.97 Å². The van der Waals surface area contributed by atoms with Crippen molar-refractivity contribution in [3.05, 3.63) is 68.2 Å². The molecule has 204 valence electrons.